The van der Waals surface area contributed by atoms with Crippen molar-refractivity contribution in [1.29, 1.82) is 0 Å². The third-order valence-corrected chi connectivity index (χ3v) is 6.14. The number of carbonyl (C=O) groups excluding carboxylic acids is 2. The molecule has 1 aliphatic carbocycles. The molecule has 2 aliphatic rings. The minimum atomic E-state index is -0.373. The molecule has 1 N–H and O–H groups in total. The smallest absolute Gasteiger partial charge is 0.196 e. The van der Waals surface area contributed by atoms with Crippen molar-refractivity contribution in [3.8, 4) is 11.3 Å². The van der Waals surface area contributed by atoms with E-state index in [4.69, 9.17) is 4.52 Å². The monoisotopic (exact) mass is 427 g/mol. The van der Waals surface area contributed by atoms with E-state index in [-0.39, 0.29) is 17.4 Å². The van der Waals surface area contributed by atoms with Gasteiger partial charge in [0.2, 0.25) is 0 Å². The fourth-order valence-electron chi connectivity index (χ4n) is 4.60. The van der Waals surface area contributed by atoms with Crippen LogP contribution in [0.4, 0.5) is 21.5 Å². The highest BCUT2D eigenvalue weighted by atomic mass is 19.1. The van der Waals surface area contributed by atoms with Crippen molar-refractivity contribution in [3.05, 3.63) is 71.5 Å². The lowest BCUT2D eigenvalue weighted by molar-refractivity contribution is -0.119. The van der Waals surface area contributed by atoms with Crippen molar-refractivity contribution in [1.82, 2.24) is 5.16 Å². The summed E-state index contributed by atoms with van der Waals surface area (Å²) in [5, 5.41) is 8.21. The summed E-state index contributed by atoms with van der Waals surface area (Å²) < 4.78 is 19.6. The molecule has 0 saturated carbocycles. The van der Waals surface area contributed by atoms with Gasteiger partial charge in [-0.3, -0.25) is 9.59 Å². The molecule has 158 valence electrons. The van der Waals surface area contributed by atoms with Crippen molar-refractivity contribution >= 4 is 39.5 Å². The van der Waals surface area contributed by atoms with Crippen LogP contribution in [0.2, 0.25) is 0 Å². The molecule has 3 aromatic carbocycles. The Hall–Kier alpha value is -4.00. The number of ketones is 2. The summed E-state index contributed by atoms with van der Waals surface area (Å²) in [6, 6.07) is 15.3. The first-order chi connectivity index (χ1) is 15.6. The molecule has 0 atom stereocenters. The molecule has 0 spiro atoms. The average molecular weight is 427 g/mol. The van der Waals surface area contributed by atoms with E-state index in [2.05, 4.69) is 15.4 Å². The molecule has 1 aromatic heterocycles. The Morgan fingerprint density at radius 2 is 1.75 bits per heavy atom. The van der Waals surface area contributed by atoms with Gasteiger partial charge in [-0.05, 0) is 24.3 Å². The highest BCUT2D eigenvalue weighted by molar-refractivity contribution is 6.28. The van der Waals surface area contributed by atoms with E-state index >= 15 is 0 Å². The van der Waals surface area contributed by atoms with Crippen molar-refractivity contribution in [2.75, 3.05) is 23.3 Å². The van der Waals surface area contributed by atoms with Crippen LogP contribution in [0.1, 0.15) is 28.8 Å². The first-order valence-electron chi connectivity index (χ1n) is 10.5. The van der Waals surface area contributed by atoms with Crippen molar-refractivity contribution in [2.45, 2.75) is 12.8 Å². The van der Waals surface area contributed by atoms with Gasteiger partial charge in [0, 0.05) is 42.7 Å². The maximum absolute atomic E-state index is 13.8. The summed E-state index contributed by atoms with van der Waals surface area (Å²) in [7, 11) is 0. The normalized spacial score (nSPS) is 15.2. The van der Waals surface area contributed by atoms with Crippen LogP contribution in [-0.2, 0) is 4.79 Å². The van der Waals surface area contributed by atoms with Crippen LogP contribution in [0.5, 0.6) is 0 Å². The van der Waals surface area contributed by atoms with Gasteiger partial charge < -0.3 is 14.7 Å². The molecular weight excluding hydrogens is 409 g/mol. The van der Waals surface area contributed by atoms with Crippen LogP contribution in [-0.4, -0.2) is 29.8 Å². The Morgan fingerprint density at radius 1 is 0.969 bits per heavy atom. The van der Waals surface area contributed by atoms with Crippen LogP contribution in [0.3, 0.4) is 0 Å². The van der Waals surface area contributed by atoms with Gasteiger partial charge in [-0.25, -0.2) is 4.39 Å². The lowest BCUT2D eigenvalue weighted by atomic mass is 9.86. The predicted octanol–water partition coefficient (Wildman–Crippen LogP) is 5.09. The second-order valence-corrected chi connectivity index (χ2v) is 8.09. The molecule has 1 saturated heterocycles. The van der Waals surface area contributed by atoms with E-state index < -0.39 is 0 Å². The van der Waals surface area contributed by atoms with Gasteiger partial charge in [0.1, 0.15) is 17.1 Å². The molecule has 1 fully saturated rings. The highest BCUT2D eigenvalue weighted by Gasteiger charge is 2.34. The Morgan fingerprint density at radius 3 is 2.53 bits per heavy atom. The Labute approximate surface area is 182 Å². The average Bonchev–Trinajstić information content (AvgIpc) is 3.24. The zero-order valence-corrected chi connectivity index (χ0v) is 17.0. The lowest BCUT2D eigenvalue weighted by Gasteiger charge is -2.29. The van der Waals surface area contributed by atoms with Gasteiger partial charge in [-0.2, -0.15) is 0 Å². The number of benzene rings is 3. The number of carbonyl (C=O) groups is 2. The number of nitrogens with zero attached hydrogens (tertiary/aromatic N) is 2. The molecule has 0 bridgehead atoms. The lowest BCUT2D eigenvalue weighted by Crippen LogP contribution is -2.34. The van der Waals surface area contributed by atoms with Gasteiger partial charge in [-0.15, -0.1) is 0 Å². The maximum Gasteiger partial charge on any atom is 0.196 e. The number of rotatable bonds is 3. The van der Waals surface area contributed by atoms with Crippen LogP contribution < -0.4 is 10.2 Å². The maximum atomic E-state index is 13.8. The van der Waals surface area contributed by atoms with E-state index in [9.17, 15) is 14.0 Å². The number of hydrogen-bond donors (Lipinski definition) is 1. The van der Waals surface area contributed by atoms with E-state index in [1.54, 1.807) is 18.2 Å². The molecule has 4 aromatic rings. The second kappa shape index (κ2) is 7.02. The highest BCUT2D eigenvalue weighted by Crippen LogP contribution is 2.46. The SMILES string of the molecule is O=C1CCN(c2cc(Nc3cccc(F)c3)c3c4c(onc24)-c2ccccc2C3=O)CC1. The van der Waals surface area contributed by atoms with Gasteiger partial charge >= 0.3 is 0 Å². The summed E-state index contributed by atoms with van der Waals surface area (Å²) in [6.07, 6.45) is 0.921. The van der Waals surface area contributed by atoms with Crippen molar-refractivity contribution < 1.29 is 18.5 Å². The fourth-order valence-corrected chi connectivity index (χ4v) is 4.60. The molecule has 0 radical (unpaired) electrons. The molecule has 7 heteroatoms. The van der Waals surface area contributed by atoms with Gasteiger partial charge in [-0.1, -0.05) is 35.5 Å². The number of piperidine rings is 1. The number of nitrogens with one attached hydrogen (secondary N) is 1. The number of anilines is 3. The van der Waals surface area contributed by atoms with Crippen LogP contribution in [0.25, 0.3) is 22.2 Å². The van der Waals surface area contributed by atoms with E-state index in [0.29, 0.717) is 70.7 Å². The zero-order valence-electron chi connectivity index (χ0n) is 17.0. The molecule has 0 unspecified atom stereocenters. The summed E-state index contributed by atoms with van der Waals surface area (Å²) in [5.74, 6) is 0.267. The van der Waals surface area contributed by atoms with Gasteiger partial charge in [0.25, 0.3) is 0 Å². The topological polar surface area (TPSA) is 75.4 Å². The number of aromatic nitrogens is 1. The predicted molar refractivity (Wildman–Crippen MR) is 119 cm³/mol. The third-order valence-electron chi connectivity index (χ3n) is 6.14. The second-order valence-electron chi connectivity index (χ2n) is 8.09. The Kier molecular flexibility index (Phi) is 4.11. The number of Topliss-reactive ketones (excluding diaryl/α,β-unsaturated/α-hetero) is 1. The molecule has 6 rings (SSSR count). The van der Waals surface area contributed by atoms with E-state index in [1.165, 1.54) is 12.1 Å². The van der Waals surface area contributed by atoms with Crippen molar-refractivity contribution in [2.24, 2.45) is 0 Å². The zero-order chi connectivity index (χ0) is 21.8. The van der Waals surface area contributed by atoms with Gasteiger partial charge in [0.15, 0.2) is 11.5 Å². The quantitative estimate of drug-likeness (QED) is 0.432. The fraction of sp³-hybridized carbons (Fsp3) is 0.160. The van der Waals surface area contributed by atoms with Gasteiger partial charge in [0.05, 0.1) is 22.3 Å². The summed E-state index contributed by atoms with van der Waals surface area (Å²) in [6.45, 7) is 1.14. The minimum Gasteiger partial charge on any atom is -0.369 e. The number of hydrogen-bond acceptors (Lipinski definition) is 6. The standard InChI is InChI=1S/C25H18FN3O3/c26-14-4-3-5-15(12-14)27-19-13-20(29-10-8-16(30)9-11-29)23-22-21(19)24(31)17-6-1-2-7-18(17)25(22)32-28-23/h1-7,12-13,27H,8-11H2. The largest absolute Gasteiger partial charge is 0.369 e. The number of fused-ring (bicyclic) bond motifs is 2. The van der Waals surface area contributed by atoms with Crippen LogP contribution >= 0.6 is 0 Å². The Balaban J connectivity index is 1.60. The molecule has 0 amide bonds. The number of halogens is 1. The van der Waals surface area contributed by atoms with Crippen molar-refractivity contribution in [3.63, 3.8) is 0 Å². The molecule has 2 heterocycles. The third kappa shape index (κ3) is 2.81. The first kappa shape index (κ1) is 18.7. The molecule has 6 nitrogen and oxygen atoms in total. The van der Waals surface area contributed by atoms with Crippen LogP contribution in [0.15, 0.2) is 59.1 Å². The molecule has 1 aliphatic heterocycles. The molecule has 32 heavy (non-hydrogen) atoms. The summed E-state index contributed by atoms with van der Waals surface area (Å²) in [4.78, 5) is 27.4. The first-order valence-corrected chi connectivity index (χ1v) is 10.5. The molecular formula is C25H18FN3O3. The Bertz CT molecular complexity index is 1420. The van der Waals surface area contributed by atoms with E-state index in [0.717, 1.165) is 5.69 Å². The minimum absolute atomic E-state index is 0.138. The summed E-state index contributed by atoms with van der Waals surface area (Å²) in [5.41, 5.74) is 4.17. The van der Waals surface area contributed by atoms with E-state index in [1.807, 2.05) is 24.3 Å². The van der Waals surface area contributed by atoms with Crippen LogP contribution in [0, 0.1) is 5.82 Å². The summed E-state index contributed by atoms with van der Waals surface area (Å²) >= 11 is 0.